The molecule has 1 unspecified atom stereocenters. The SMILES string of the molecule is C.C.CC(=O)c1cc2ccc(Br)cc2[nH]1.CC(C)(C)OC(=O)n1ccc2cc(Nc3ccnc(Cl)n3)ccc21.CC[C@@H]1COCCN1.Clc1nccc(Nc2ccc(C3=CCN=C3)cc2)n1.NC1CCOC1.O=C(O)c1cc2ccc(Br)cc2s1. The van der Waals surface area contributed by atoms with Crippen molar-refractivity contribution in [2.75, 3.05) is 50.2 Å². The van der Waals surface area contributed by atoms with Crippen LogP contribution in [0, 0.1) is 0 Å². The second-order valence-corrected chi connectivity index (χ2v) is 23.3. The van der Waals surface area contributed by atoms with Gasteiger partial charge in [-0.25, -0.2) is 29.5 Å². The van der Waals surface area contributed by atoms with Gasteiger partial charge in [-0.3, -0.25) is 14.4 Å². The quantitative estimate of drug-likeness (QED) is 0.0612. The van der Waals surface area contributed by atoms with E-state index < -0.39 is 17.7 Å². The van der Waals surface area contributed by atoms with Crippen molar-refractivity contribution < 1.29 is 33.7 Å². The minimum absolute atomic E-state index is 0. The summed E-state index contributed by atoms with van der Waals surface area (Å²) in [4.78, 5) is 57.4. The number of thiophene rings is 1. The molecule has 2 atom stereocenters. The number of nitrogens with one attached hydrogen (secondary N) is 4. The summed E-state index contributed by atoms with van der Waals surface area (Å²) in [5, 5.41) is 21.8. The number of carbonyl (C=O) groups excluding carboxylic acids is 2. The van der Waals surface area contributed by atoms with E-state index in [2.05, 4.69) is 90.7 Å². The summed E-state index contributed by atoms with van der Waals surface area (Å²) in [7, 11) is 0. The lowest BCUT2D eigenvalue weighted by atomic mass is 10.1. The highest BCUT2D eigenvalue weighted by Gasteiger charge is 2.19. The number of ether oxygens (including phenoxy) is 3. The summed E-state index contributed by atoms with van der Waals surface area (Å²) < 4.78 is 20.0. The number of carboxylic acid groups (broad SMARTS) is 1. The van der Waals surface area contributed by atoms with Crippen molar-refractivity contribution in [1.29, 1.82) is 0 Å². The number of anilines is 4. The number of morpholine rings is 1. The molecule has 450 valence electrons. The molecular formula is C62H71Br2Cl2N11O7S. The molecule has 2 saturated heterocycles. The molecular weight excluding hydrogens is 1270 g/mol. The van der Waals surface area contributed by atoms with Gasteiger partial charge < -0.3 is 46.0 Å². The van der Waals surface area contributed by atoms with Crippen LogP contribution in [0.1, 0.15) is 88.0 Å². The fraction of sp³-hybridized carbons (Fsp3) is 0.290. The minimum Gasteiger partial charge on any atom is -0.477 e. The second kappa shape index (κ2) is 33.7. The van der Waals surface area contributed by atoms with Gasteiger partial charge in [0.25, 0.3) is 0 Å². The third-order valence-corrected chi connectivity index (χ3v) is 14.5. The van der Waals surface area contributed by atoms with Gasteiger partial charge in [0.15, 0.2) is 5.78 Å². The predicted molar refractivity (Wildman–Crippen MR) is 354 cm³/mol. The van der Waals surface area contributed by atoms with Gasteiger partial charge in [-0.05, 0) is 158 Å². The zero-order valence-corrected chi connectivity index (χ0v) is 51.7. The first-order valence-corrected chi connectivity index (χ1v) is 29.5. The Labute approximate surface area is 526 Å². The lowest BCUT2D eigenvalue weighted by Crippen LogP contribution is -2.40. The lowest BCUT2D eigenvalue weighted by Gasteiger charge is -2.21. The number of allylic oxidation sites excluding steroid dienone is 1. The molecule has 3 aliphatic rings. The molecule has 85 heavy (non-hydrogen) atoms. The molecule has 7 N–H and O–H groups in total. The maximum Gasteiger partial charge on any atom is 0.418 e. The van der Waals surface area contributed by atoms with Gasteiger partial charge in [-0.15, -0.1) is 11.3 Å². The van der Waals surface area contributed by atoms with Crippen LogP contribution >= 0.6 is 66.4 Å². The van der Waals surface area contributed by atoms with Gasteiger partial charge in [-0.1, -0.05) is 84.0 Å². The van der Waals surface area contributed by atoms with Gasteiger partial charge in [0, 0.05) is 98.3 Å². The van der Waals surface area contributed by atoms with Crippen LogP contribution in [-0.4, -0.2) is 116 Å². The number of nitrogens with zero attached hydrogens (tertiary/aromatic N) is 6. The number of carboxylic acids is 1. The molecule has 18 nitrogen and oxygen atoms in total. The predicted octanol–water partition coefficient (Wildman–Crippen LogP) is 15.8. The zero-order chi connectivity index (χ0) is 59.5. The molecule has 0 bridgehead atoms. The molecule has 4 aromatic carbocycles. The fourth-order valence-electron chi connectivity index (χ4n) is 7.92. The lowest BCUT2D eigenvalue weighted by molar-refractivity contribution is 0.0543. The van der Waals surface area contributed by atoms with E-state index in [1.54, 1.807) is 43.7 Å². The van der Waals surface area contributed by atoms with Crippen molar-refractivity contribution in [3.05, 3.63) is 170 Å². The number of Topliss-reactive ketones (excluding diaryl/α,β-unsaturated/α-hetero) is 1. The highest BCUT2D eigenvalue weighted by atomic mass is 79.9. The standard InChI is InChI=1S/C17H17ClN4O2.C14H11ClN4.C10H8BrNO.C9H5BrO2S.C6H13NO.C4H9NO.2CH4/c1-17(2,3)24-16(23)22-9-7-11-10-12(4-5-13(11)22)20-14-6-8-19-15(18)21-14;15-14-17-8-6-13(19-14)18-12-3-1-10(2-4-12)11-5-7-16-9-11;1-6(13)9-4-7-2-3-8(11)5-10(7)12-9;10-6-2-1-5-3-8(9(11)12)13-7(5)4-6;1-2-6-5-8-4-3-7-6;5-4-1-2-6-3-4;;/h4-10H,1-3H3,(H,19,20,21);1-6,8-9H,7H2,(H,17,18,19);2-5,12H,1H3;1-4H,(H,11,12);6-7H,2-5H2,1H3;4H,1-3,5H2;2*1H4/t;;;;6-;;;/m....1.../s1. The number of fused-ring (bicyclic) bond motifs is 3. The third-order valence-electron chi connectivity index (χ3n) is 12.1. The number of aromatic amines is 1. The van der Waals surface area contributed by atoms with Crippen molar-refractivity contribution in [1.82, 2.24) is 34.8 Å². The van der Waals surface area contributed by atoms with Crippen molar-refractivity contribution in [3.8, 4) is 0 Å². The maximum absolute atomic E-state index is 12.2. The number of nitrogens with two attached hydrogens (primary N) is 1. The van der Waals surface area contributed by atoms with Gasteiger partial charge >= 0.3 is 12.1 Å². The Bertz CT molecular complexity index is 3600. The molecule has 0 amide bonds. The van der Waals surface area contributed by atoms with Crippen LogP contribution in [0.3, 0.4) is 0 Å². The summed E-state index contributed by atoms with van der Waals surface area (Å²) in [5.74, 6) is 0.472. The average molecular weight is 1350 g/mol. The van der Waals surface area contributed by atoms with Crippen LogP contribution in [0.25, 0.3) is 37.5 Å². The minimum atomic E-state index is -0.864. The highest BCUT2D eigenvalue weighted by molar-refractivity contribution is 9.10. The first-order valence-electron chi connectivity index (χ1n) is 26.3. The highest BCUT2D eigenvalue weighted by Crippen LogP contribution is 2.29. The van der Waals surface area contributed by atoms with Crippen molar-refractivity contribution >= 4 is 151 Å². The Balaban J connectivity index is 0.000000195. The van der Waals surface area contributed by atoms with E-state index in [-0.39, 0.29) is 31.2 Å². The summed E-state index contributed by atoms with van der Waals surface area (Å²) in [6, 6.07) is 35.2. The second-order valence-electron chi connectivity index (χ2n) is 19.7. The number of hydrogen-bond acceptors (Lipinski definition) is 16. The summed E-state index contributed by atoms with van der Waals surface area (Å²) in [6.45, 7) is 14.5. The number of benzene rings is 4. The third kappa shape index (κ3) is 22.1. The van der Waals surface area contributed by atoms with Crippen molar-refractivity contribution in [2.45, 2.75) is 80.0 Å². The molecule has 8 heterocycles. The number of aromatic carboxylic acids is 1. The largest absolute Gasteiger partial charge is 0.477 e. The smallest absolute Gasteiger partial charge is 0.418 e. The zero-order valence-electron chi connectivity index (χ0n) is 46.2. The van der Waals surface area contributed by atoms with Crippen LogP contribution in [0.5, 0.6) is 0 Å². The number of aliphatic imine (C=N–C) groups is 1. The number of halogens is 4. The van der Waals surface area contributed by atoms with E-state index in [9.17, 15) is 14.4 Å². The van der Waals surface area contributed by atoms with Crippen LogP contribution in [-0.2, 0) is 14.2 Å². The molecule has 23 heteroatoms. The topological polar surface area (TPSA) is 246 Å². The van der Waals surface area contributed by atoms with Gasteiger partial charge in [0.2, 0.25) is 10.6 Å². The van der Waals surface area contributed by atoms with Crippen molar-refractivity contribution in [3.63, 3.8) is 0 Å². The van der Waals surface area contributed by atoms with Gasteiger partial charge in [0.1, 0.15) is 22.1 Å². The van der Waals surface area contributed by atoms with E-state index >= 15 is 0 Å². The number of carbonyl (C=O) groups is 3. The average Bonchev–Trinajstić information content (AvgIpc) is 4.10. The van der Waals surface area contributed by atoms with E-state index in [4.69, 9.17) is 48.3 Å². The Morgan fingerprint density at radius 3 is 2.00 bits per heavy atom. The molecule has 5 aromatic heterocycles. The van der Waals surface area contributed by atoms with Crippen LogP contribution < -0.4 is 21.7 Å². The number of rotatable bonds is 8. The number of aromatic nitrogens is 6. The number of ketones is 1. The molecule has 0 saturated carbocycles. The fourth-order valence-corrected chi connectivity index (χ4v) is 10.0. The number of H-pyrrole nitrogens is 1. The van der Waals surface area contributed by atoms with Crippen LogP contribution in [0.2, 0.25) is 10.6 Å². The molecule has 0 radical (unpaired) electrons. The Hall–Kier alpha value is -6.92. The first kappa shape index (κ1) is 68.9. The number of hydrogen-bond donors (Lipinski definition) is 6. The normalized spacial score (nSPS) is 14.8. The molecule has 12 rings (SSSR count). The molecule has 0 spiro atoms. The first-order chi connectivity index (χ1) is 39.8. The van der Waals surface area contributed by atoms with Crippen LogP contribution in [0.15, 0.2) is 148 Å². The van der Waals surface area contributed by atoms with E-state index in [1.165, 1.54) is 22.3 Å². The Morgan fingerprint density at radius 1 is 0.812 bits per heavy atom. The molecule has 0 aliphatic carbocycles. The van der Waals surface area contributed by atoms with Gasteiger partial charge in [0.05, 0.1) is 37.6 Å². The maximum atomic E-state index is 12.2. The Morgan fingerprint density at radius 2 is 1.46 bits per heavy atom. The van der Waals surface area contributed by atoms with E-state index in [0.29, 0.717) is 34.3 Å². The van der Waals surface area contributed by atoms with E-state index in [0.717, 1.165) is 109 Å². The Kier molecular flexibility index (Phi) is 27.3. The van der Waals surface area contributed by atoms with Crippen LogP contribution in [0.4, 0.5) is 27.8 Å². The molecule has 2 fully saturated rings. The monoisotopic (exact) mass is 1340 g/mol. The molecule has 9 aromatic rings. The van der Waals surface area contributed by atoms with E-state index in [1.807, 2.05) is 118 Å². The molecule has 3 aliphatic heterocycles. The van der Waals surface area contributed by atoms with Gasteiger partial charge in [-0.2, -0.15) is 0 Å². The summed E-state index contributed by atoms with van der Waals surface area (Å²) in [6.07, 6.45) is 10.7. The van der Waals surface area contributed by atoms with Crippen molar-refractivity contribution in [2.24, 2.45) is 10.7 Å². The summed E-state index contributed by atoms with van der Waals surface area (Å²) in [5.41, 5.74) is 11.4. The summed E-state index contributed by atoms with van der Waals surface area (Å²) >= 11 is 19.5.